The largest absolute Gasteiger partial charge is 0.460 e. The predicted octanol–water partition coefficient (Wildman–Crippen LogP) is 3.60. The van der Waals surface area contributed by atoms with Crippen LogP contribution in [-0.2, 0) is 31.1 Å². The summed E-state index contributed by atoms with van der Waals surface area (Å²) in [7, 11) is -2.30. The number of nitrogens with one attached hydrogen (secondary N) is 2. The lowest BCUT2D eigenvalue weighted by atomic mass is 9.67. The van der Waals surface area contributed by atoms with Crippen molar-refractivity contribution < 1.29 is 31.1 Å². The van der Waals surface area contributed by atoms with Crippen molar-refractivity contribution in [3.05, 3.63) is 66.1 Å². The number of halogens is 3. The molecule has 2 atom stereocenters. The zero-order valence-electron chi connectivity index (χ0n) is 19.8. The van der Waals surface area contributed by atoms with Crippen molar-refractivity contribution in [1.29, 1.82) is 0 Å². The first-order valence-corrected chi connectivity index (χ1v) is 13.4. The Morgan fingerprint density at radius 1 is 1.19 bits per heavy atom. The van der Waals surface area contributed by atoms with Crippen LogP contribution < -0.4 is 10.0 Å². The molecule has 1 aromatic carbocycles. The lowest BCUT2D eigenvalue weighted by molar-refractivity contribution is -0.151. The Morgan fingerprint density at radius 3 is 2.59 bits per heavy atom. The first-order chi connectivity index (χ1) is 17.5. The Bertz CT molecular complexity index is 1410. The fourth-order valence-corrected chi connectivity index (χ4v) is 6.02. The lowest BCUT2D eigenvalue weighted by Crippen LogP contribution is -2.54. The van der Waals surface area contributed by atoms with Gasteiger partial charge in [-0.05, 0) is 43.0 Å². The van der Waals surface area contributed by atoms with Gasteiger partial charge in [0, 0.05) is 19.4 Å². The van der Waals surface area contributed by atoms with Gasteiger partial charge in [0.05, 0.1) is 15.3 Å². The minimum atomic E-state index is -4.60. The molecule has 3 aromatic rings. The van der Waals surface area contributed by atoms with Gasteiger partial charge in [0.25, 0.3) is 0 Å². The fourth-order valence-electron chi connectivity index (χ4n) is 4.67. The van der Waals surface area contributed by atoms with Gasteiger partial charge in [0.2, 0.25) is 10.0 Å². The summed E-state index contributed by atoms with van der Waals surface area (Å²) in [6, 6.07) is 10.7. The number of imidazole rings is 1. The molecular weight excluding hydrogens is 529 g/mol. The summed E-state index contributed by atoms with van der Waals surface area (Å²) in [5.41, 5.74) is -1.37. The molecule has 13 heteroatoms. The summed E-state index contributed by atoms with van der Waals surface area (Å²) in [6.45, 7) is -0.592. The number of hydrogen-bond acceptors (Lipinski definition) is 6. The number of hydrogen-bond donors (Lipinski definition) is 2. The van der Waals surface area contributed by atoms with E-state index in [9.17, 15) is 26.4 Å². The van der Waals surface area contributed by atoms with E-state index < -0.39 is 45.9 Å². The van der Waals surface area contributed by atoms with Crippen LogP contribution in [0.25, 0.3) is 5.65 Å². The number of benzene rings is 1. The summed E-state index contributed by atoms with van der Waals surface area (Å²) in [5, 5.41) is 2.96. The number of thiocarbonyl (C=S) groups is 1. The Kier molecular flexibility index (Phi) is 7.58. The highest BCUT2D eigenvalue weighted by atomic mass is 32.2. The summed E-state index contributed by atoms with van der Waals surface area (Å²) < 4.78 is 73.9. The van der Waals surface area contributed by atoms with Crippen molar-refractivity contribution in [2.45, 2.75) is 48.3 Å². The van der Waals surface area contributed by atoms with Crippen molar-refractivity contribution >= 4 is 38.8 Å². The molecule has 0 bridgehead atoms. The fraction of sp³-hybridized carbons (Fsp3) is 0.375. The molecule has 8 nitrogen and oxygen atoms in total. The van der Waals surface area contributed by atoms with Gasteiger partial charge < -0.3 is 14.5 Å². The van der Waals surface area contributed by atoms with Crippen LogP contribution in [0.1, 0.15) is 36.9 Å². The van der Waals surface area contributed by atoms with Crippen molar-refractivity contribution in [1.82, 2.24) is 19.4 Å². The highest BCUT2D eigenvalue weighted by Crippen LogP contribution is 2.42. The van der Waals surface area contributed by atoms with Crippen LogP contribution in [0.15, 0.2) is 59.8 Å². The first-order valence-electron chi connectivity index (χ1n) is 11.5. The molecule has 1 aliphatic carbocycles. The molecule has 0 amide bonds. The Hall–Kier alpha value is -3.03. The van der Waals surface area contributed by atoms with Gasteiger partial charge in [0.1, 0.15) is 18.3 Å². The van der Waals surface area contributed by atoms with Crippen molar-refractivity contribution in [2.75, 3.05) is 13.6 Å². The van der Waals surface area contributed by atoms with Crippen LogP contribution >= 0.6 is 12.2 Å². The topological polar surface area (TPSA) is 102 Å². The van der Waals surface area contributed by atoms with Gasteiger partial charge in [-0.15, -0.1) is 0 Å². The number of carbonyl (C=O) groups is 1. The third-order valence-electron chi connectivity index (χ3n) is 6.46. The predicted molar refractivity (Wildman–Crippen MR) is 134 cm³/mol. The summed E-state index contributed by atoms with van der Waals surface area (Å²) in [4.78, 5) is 16.8. The number of carbonyl (C=O) groups excluding carboxylic acids is 1. The van der Waals surface area contributed by atoms with E-state index in [2.05, 4.69) is 15.0 Å². The van der Waals surface area contributed by atoms with E-state index in [4.69, 9.17) is 17.0 Å². The van der Waals surface area contributed by atoms with E-state index in [1.165, 1.54) is 28.8 Å². The van der Waals surface area contributed by atoms with E-state index >= 15 is 0 Å². The third kappa shape index (κ3) is 5.48. The van der Waals surface area contributed by atoms with Crippen molar-refractivity contribution in [3.8, 4) is 0 Å². The molecule has 1 fully saturated rings. The molecule has 1 saturated carbocycles. The van der Waals surface area contributed by atoms with E-state index in [1.54, 1.807) is 31.3 Å². The maximum Gasteiger partial charge on any atom is 0.434 e. The lowest BCUT2D eigenvalue weighted by Gasteiger charge is -2.44. The molecular formula is C24H25F3N4O4S2. The van der Waals surface area contributed by atoms with Crippen molar-refractivity contribution in [2.24, 2.45) is 0 Å². The van der Waals surface area contributed by atoms with E-state index in [-0.39, 0.29) is 10.5 Å². The van der Waals surface area contributed by atoms with Gasteiger partial charge in [-0.25, -0.2) is 13.4 Å². The zero-order valence-corrected chi connectivity index (χ0v) is 21.4. The Morgan fingerprint density at radius 2 is 1.92 bits per heavy atom. The highest BCUT2D eigenvalue weighted by Gasteiger charge is 2.48. The zero-order chi connectivity index (χ0) is 26.8. The average molecular weight is 555 g/mol. The summed E-state index contributed by atoms with van der Waals surface area (Å²) >= 11 is 5.66. The first kappa shape index (κ1) is 27.0. The standard InChI is InChI=1S/C24H25F3N4O4S2/c1-28-22(36)23(16-10-11-20-30-18(24(25,26)27)15-31(20)14-16)12-6-5-9-19(23)35-21(32)13-29-37(33,34)17-7-3-2-4-8-17/h2-4,7-8,10-11,14-15,19,29H,5-6,9,12-13H2,1H3,(H,28,36). The van der Waals surface area contributed by atoms with Crippen LogP contribution in [0.2, 0.25) is 0 Å². The average Bonchev–Trinajstić information content (AvgIpc) is 3.32. The van der Waals surface area contributed by atoms with Gasteiger partial charge >= 0.3 is 12.1 Å². The normalized spacial score (nSPS) is 20.5. The molecule has 0 radical (unpaired) electrons. The van der Waals surface area contributed by atoms with Crippen LogP contribution in [0.3, 0.4) is 0 Å². The van der Waals surface area contributed by atoms with E-state index in [0.29, 0.717) is 23.4 Å². The van der Waals surface area contributed by atoms with Gasteiger partial charge in [0.15, 0.2) is 5.69 Å². The van der Waals surface area contributed by atoms with Crippen LogP contribution in [0, 0.1) is 0 Å². The molecule has 0 spiro atoms. The number of esters is 1. The number of fused-ring (bicyclic) bond motifs is 1. The molecule has 37 heavy (non-hydrogen) atoms. The number of ether oxygens (including phenoxy) is 1. The van der Waals surface area contributed by atoms with Crippen LogP contribution in [0.5, 0.6) is 0 Å². The smallest absolute Gasteiger partial charge is 0.434 e. The number of likely N-dealkylation sites (N-methyl/N-ethyl adjacent to an activating group) is 1. The number of alkyl halides is 3. The maximum absolute atomic E-state index is 13.2. The molecule has 2 heterocycles. The second-order valence-corrected chi connectivity index (χ2v) is 10.9. The SMILES string of the molecule is CNC(=S)C1(c2ccc3nc(C(F)(F)F)cn3c2)CCCCC1OC(=O)CNS(=O)(=O)c1ccccc1. The van der Waals surface area contributed by atoms with E-state index in [1.807, 2.05) is 0 Å². The molecule has 2 N–H and O–H groups in total. The third-order valence-corrected chi connectivity index (χ3v) is 8.45. The molecule has 1 aliphatic rings. The number of nitrogens with zero attached hydrogens (tertiary/aromatic N) is 2. The minimum absolute atomic E-state index is 0.0121. The Labute approximate surface area is 217 Å². The number of aromatic nitrogens is 2. The molecule has 0 saturated heterocycles. The quantitative estimate of drug-likeness (QED) is 0.340. The van der Waals surface area contributed by atoms with Crippen LogP contribution in [0.4, 0.5) is 13.2 Å². The van der Waals surface area contributed by atoms with E-state index in [0.717, 1.165) is 19.0 Å². The van der Waals surface area contributed by atoms with Gasteiger partial charge in [-0.2, -0.15) is 17.9 Å². The molecule has 2 unspecified atom stereocenters. The van der Waals surface area contributed by atoms with Gasteiger partial charge in [-0.3, -0.25) is 4.79 Å². The minimum Gasteiger partial charge on any atom is -0.460 e. The molecule has 2 aromatic heterocycles. The van der Waals surface area contributed by atoms with Crippen molar-refractivity contribution in [3.63, 3.8) is 0 Å². The highest BCUT2D eigenvalue weighted by molar-refractivity contribution is 7.89. The van der Waals surface area contributed by atoms with Gasteiger partial charge in [-0.1, -0.05) is 42.9 Å². The second kappa shape index (κ2) is 10.4. The molecule has 198 valence electrons. The monoisotopic (exact) mass is 554 g/mol. The summed E-state index contributed by atoms with van der Waals surface area (Å²) in [5.74, 6) is -0.794. The number of pyridine rings is 1. The molecule has 4 rings (SSSR count). The Balaban J connectivity index is 1.62. The maximum atomic E-state index is 13.2. The summed E-state index contributed by atoms with van der Waals surface area (Å²) in [6.07, 6.45) is -0.554. The second-order valence-electron chi connectivity index (χ2n) is 8.72. The number of rotatable bonds is 7. The number of sulfonamides is 1. The molecule has 0 aliphatic heterocycles. The van der Waals surface area contributed by atoms with Crippen LogP contribution in [-0.4, -0.2) is 48.5 Å².